The molecular formula is C50H82NO9P. The van der Waals surface area contributed by atoms with Crippen LogP contribution in [0.4, 0.5) is 0 Å². The molecule has 0 radical (unpaired) electrons. The number of aliphatic hydroxyl groups is 1. The van der Waals surface area contributed by atoms with E-state index >= 15 is 0 Å². The van der Waals surface area contributed by atoms with Gasteiger partial charge in [-0.25, -0.2) is 0 Å². The number of quaternary nitrogens is 1. The number of phosphoric acid groups is 1. The van der Waals surface area contributed by atoms with E-state index in [9.17, 15) is 24.2 Å². The Balaban J connectivity index is 4.64. The monoisotopic (exact) mass is 872 g/mol. The van der Waals surface area contributed by atoms with Gasteiger partial charge in [0.25, 0.3) is 7.82 Å². The molecule has 0 fully saturated rings. The molecule has 0 aliphatic carbocycles. The van der Waals surface area contributed by atoms with E-state index in [2.05, 4.69) is 68.5 Å². The third-order valence-electron chi connectivity index (χ3n) is 8.86. The topological polar surface area (TPSA) is 131 Å². The minimum atomic E-state index is -4.68. The smallest absolute Gasteiger partial charge is 0.306 e. The molecule has 0 rings (SSSR count). The summed E-state index contributed by atoms with van der Waals surface area (Å²) in [5, 5.41) is 10.1. The third kappa shape index (κ3) is 44.5. The maximum Gasteiger partial charge on any atom is 0.306 e. The Morgan fingerprint density at radius 2 is 1.11 bits per heavy atom. The molecule has 0 bridgehead atoms. The highest BCUT2D eigenvalue weighted by Gasteiger charge is 2.21. The molecule has 1 unspecified atom stereocenters. The van der Waals surface area contributed by atoms with Crippen LogP contribution in [0.25, 0.3) is 0 Å². The summed E-state index contributed by atoms with van der Waals surface area (Å²) in [6.45, 7) is 3.89. The normalized spacial score (nSPS) is 15.1. The molecule has 0 aromatic carbocycles. The number of ether oxygens (including phenoxy) is 2. The predicted molar refractivity (Wildman–Crippen MR) is 251 cm³/mol. The molecule has 0 spiro atoms. The first-order valence-corrected chi connectivity index (χ1v) is 24.2. The van der Waals surface area contributed by atoms with Gasteiger partial charge in [0.1, 0.15) is 19.8 Å². The van der Waals surface area contributed by atoms with Crippen molar-refractivity contribution in [2.45, 2.75) is 148 Å². The van der Waals surface area contributed by atoms with E-state index in [4.69, 9.17) is 18.5 Å². The molecule has 0 aliphatic heterocycles. The van der Waals surface area contributed by atoms with Gasteiger partial charge in [0.15, 0.2) is 6.10 Å². The molecule has 10 nitrogen and oxygen atoms in total. The second kappa shape index (κ2) is 40.7. The van der Waals surface area contributed by atoms with Crippen molar-refractivity contribution in [2.24, 2.45) is 0 Å². The van der Waals surface area contributed by atoms with Crippen molar-refractivity contribution in [3.05, 3.63) is 109 Å². The van der Waals surface area contributed by atoms with Gasteiger partial charge in [-0.3, -0.25) is 14.2 Å². The molecule has 0 aromatic heterocycles. The molecule has 0 amide bonds. The number of carbonyl (C=O) groups excluding carboxylic acids is 2. The molecular weight excluding hydrogens is 790 g/mol. The number of allylic oxidation sites excluding steroid dienone is 16. The van der Waals surface area contributed by atoms with Gasteiger partial charge >= 0.3 is 11.9 Å². The average molecular weight is 872 g/mol. The quantitative estimate of drug-likeness (QED) is 0.0160. The van der Waals surface area contributed by atoms with Crippen molar-refractivity contribution in [2.75, 3.05) is 47.5 Å². The van der Waals surface area contributed by atoms with Crippen LogP contribution in [0.15, 0.2) is 109 Å². The lowest BCUT2D eigenvalue weighted by Gasteiger charge is -2.28. The zero-order valence-corrected chi connectivity index (χ0v) is 39.3. The lowest BCUT2D eigenvalue weighted by molar-refractivity contribution is -0.870. The van der Waals surface area contributed by atoms with Gasteiger partial charge in [0.2, 0.25) is 0 Å². The van der Waals surface area contributed by atoms with Crippen LogP contribution in [0.5, 0.6) is 0 Å². The van der Waals surface area contributed by atoms with Crippen LogP contribution in [0, 0.1) is 0 Å². The number of aliphatic hydroxyl groups excluding tert-OH is 1. The van der Waals surface area contributed by atoms with Crippen LogP contribution in [-0.2, 0) is 32.7 Å². The summed E-state index contributed by atoms with van der Waals surface area (Å²) in [6, 6.07) is 0. The lowest BCUT2D eigenvalue weighted by Crippen LogP contribution is -2.37. The van der Waals surface area contributed by atoms with E-state index in [1.807, 2.05) is 69.8 Å². The minimum Gasteiger partial charge on any atom is -0.756 e. The Hall–Kier alpha value is -3.37. The first kappa shape index (κ1) is 57.6. The molecule has 0 saturated carbocycles. The van der Waals surface area contributed by atoms with Crippen molar-refractivity contribution in [1.29, 1.82) is 0 Å². The van der Waals surface area contributed by atoms with Crippen LogP contribution >= 0.6 is 7.82 Å². The summed E-state index contributed by atoms with van der Waals surface area (Å²) >= 11 is 0. The fourth-order valence-corrected chi connectivity index (χ4v) is 5.97. The van der Waals surface area contributed by atoms with E-state index in [-0.39, 0.29) is 26.1 Å². The van der Waals surface area contributed by atoms with Gasteiger partial charge in [-0.1, -0.05) is 149 Å². The summed E-state index contributed by atoms with van der Waals surface area (Å²) in [5.74, 6) is -1.05. The van der Waals surface area contributed by atoms with Crippen molar-refractivity contribution in [3.8, 4) is 0 Å². The van der Waals surface area contributed by atoms with Crippen LogP contribution in [0.1, 0.15) is 136 Å². The highest BCUT2D eigenvalue weighted by molar-refractivity contribution is 7.45. The zero-order chi connectivity index (χ0) is 45.1. The molecule has 0 saturated heterocycles. The number of nitrogens with zero attached hydrogens (tertiary/aromatic N) is 1. The summed E-state index contributed by atoms with van der Waals surface area (Å²) in [4.78, 5) is 37.5. The zero-order valence-electron chi connectivity index (χ0n) is 38.4. The molecule has 61 heavy (non-hydrogen) atoms. The molecule has 0 aliphatic rings. The number of unbranched alkanes of at least 4 members (excludes halogenated alkanes) is 7. The highest BCUT2D eigenvalue weighted by Crippen LogP contribution is 2.38. The fourth-order valence-electron chi connectivity index (χ4n) is 5.24. The Labute approximate surface area is 370 Å². The van der Waals surface area contributed by atoms with E-state index in [0.29, 0.717) is 36.7 Å². The van der Waals surface area contributed by atoms with Crippen molar-refractivity contribution >= 4 is 19.8 Å². The van der Waals surface area contributed by atoms with E-state index < -0.39 is 38.6 Å². The van der Waals surface area contributed by atoms with Crippen LogP contribution in [0.2, 0.25) is 0 Å². The van der Waals surface area contributed by atoms with E-state index in [1.54, 1.807) is 6.08 Å². The van der Waals surface area contributed by atoms with Gasteiger partial charge < -0.3 is 33.0 Å². The second-order valence-corrected chi connectivity index (χ2v) is 17.3. The number of hydrogen-bond donors (Lipinski definition) is 1. The molecule has 0 heterocycles. The minimum absolute atomic E-state index is 0.0695. The van der Waals surface area contributed by atoms with Gasteiger partial charge in [-0.15, -0.1) is 0 Å². The Bertz CT molecular complexity index is 1420. The van der Waals surface area contributed by atoms with Crippen molar-refractivity contribution in [1.82, 2.24) is 0 Å². The first-order chi connectivity index (χ1) is 29.4. The molecule has 0 aromatic rings. The Morgan fingerprint density at radius 1 is 0.607 bits per heavy atom. The summed E-state index contributed by atoms with van der Waals surface area (Å²) in [6.07, 6.45) is 51.6. The number of phosphoric ester groups is 1. The maximum atomic E-state index is 12.7. The maximum absolute atomic E-state index is 12.7. The number of rotatable bonds is 39. The largest absolute Gasteiger partial charge is 0.756 e. The molecule has 1 N–H and O–H groups in total. The summed E-state index contributed by atoms with van der Waals surface area (Å²) < 4.78 is 33.7. The van der Waals surface area contributed by atoms with Gasteiger partial charge in [-0.05, 0) is 83.5 Å². The SMILES string of the molecule is CCCCC/C=C\C=C/[C@@H](O)C/C=C\C/C=C/CCCC(=O)OC[C@H](COP(=O)([O-])OCC[N+](C)(C)C)OC(=O)CC/C=C\C/C=C\C/C=C\C/C=C\C/C=C\CCCCC. The van der Waals surface area contributed by atoms with Gasteiger partial charge in [0.05, 0.1) is 33.9 Å². The highest BCUT2D eigenvalue weighted by atomic mass is 31.2. The van der Waals surface area contributed by atoms with Crippen molar-refractivity contribution < 1.29 is 47.2 Å². The van der Waals surface area contributed by atoms with Crippen LogP contribution in [0.3, 0.4) is 0 Å². The van der Waals surface area contributed by atoms with E-state index in [1.165, 1.54) is 44.9 Å². The number of likely N-dealkylation sites (N-methyl/N-ethyl adjacent to an activating group) is 1. The fraction of sp³-hybridized carbons (Fsp3) is 0.600. The Kier molecular flexibility index (Phi) is 38.4. The lowest BCUT2D eigenvalue weighted by atomic mass is 10.2. The van der Waals surface area contributed by atoms with Crippen molar-refractivity contribution in [3.63, 3.8) is 0 Å². The number of hydrogen-bond acceptors (Lipinski definition) is 9. The van der Waals surface area contributed by atoms with Gasteiger partial charge in [0, 0.05) is 12.8 Å². The summed E-state index contributed by atoms with van der Waals surface area (Å²) in [7, 11) is 1.03. The molecule has 346 valence electrons. The van der Waals surface area contributed by atoms with Gasteiger partial charge in [-0.2, -0.15) is 0 Å². The number of carbonyl (C=O) groups is 2. The Morgan fingerprint density at radius 3 is 1.67 bits per heavy atom. The predicted octanol–water partition coefficient (Wildman–Crippen LogP) is 11.5. The third-order valence-corrected chi connectivity index (χ3v) is 9.82. The molecule has 3 atom stereocenters. The number of esters is 2. The first-order valence-electron chi connectivity index (χ1n) is 22.7. The second-order valence-electron chi connectivity index (χ2n) is 15.9. The molecule has 11 heteroatoms. The summed E-state index contributed by atoms with van der Waals surface area (Å²) in [5.41, 5.74) is 0. The standard InChI is InChI=1S/C50H82NO9P/c1-6-8-10-12-14-15-16-17-18-19-20-21-22-23-24-25-29-34-38-42-50(54)60-48(46-59-61(55,56)58-44-43-51(3,4)5)45-57-49(53)41-37-33-30-26-28-32-36-40-47(52)39-35-31-27-13-11-9-7-2/h14-15,17-18,20-21,23-24,26-27,29-32,34-36,39,47-48,52H,6-13,16,19,22,25,28,33,37-38,40-46H2,1-5H3/b15-14-,18-17-,21-20-,24-23-,30-26+,31-27-,34-29-,36-32-,39-35-/t47-,48-/m1/s1. The van der Waals surface area contributed by atoms with E-state index in [0.717, 1.165) is 38.5 Å². The van der Waals surface area contributed by atoms with Crippen LogP contribution in [-0.4, -0.2) is 81.2 Å². The van der Waals surface area contributed by atoms with Crippen LogP contribution < -0.4 is 4.89 Å². The average Bonchev–Trinajstić information content (AvgIpc) is 3.21.